The molecule has 0 aromatic carbocycles. The summed E-state index contributed by atoms with van der Waals surface area (Å²) in [5.41, 5.74) is 0.889. The van der Waals surface area contributed by atoms with Gasteiger partial charge in [0.25, 0.3) is 0 Å². The number of thiophene rings is 1. The Labute approximate surface area is 70.4 Å². The van der Waals surface area contributed by atoms with E-state index in [1.54, 1.807) is 11.3 Å². The molecule has 2 rings (SSSR count). The molecule has 0 amide bonds. The minimum atomic E-state index is -1.78. The van der Waals surface area contributed by atoms with Crippen LogP contribution >= 0.6 is 11.3 Å². The average Bonchev–Trinajstić information content (AvgIpc) is 2.36. The van der Waals surface area contributed by atoms with E-state index in [9.17, 15) is 4.21 Å². The van der Waals surface area contributed by atoms with Gasteiger partial charge in [-0.25, -0.2) is 4.21 Å². The molecule has 4 heteroatoms. The number of hydrogen-bond donors (Lipinski definition) is 0. The summed E-state index contributed by atoms with van der Waals surface area (Å²) in [6.45, 7) is 0. The van der Waals surface area contributed by atoms with Gasteiger partial charge >= 0.3 is 0 Å². The van der Waals surface area contributed by atoms with Gasteiger partial charge in [-0.1, -0.05) is 0 Å². The van der Waals surface area contributed by atoms with Crippen LogP contribution in [0.4, 0.5) is 5.69 Å². The second-order valence-electron chi connectivity index (χ2n) is 2.61. The molecule has 0 spiro atoms. The van der Waals surface area contributed by atoms with Crippen molar-refractivity contribution in [2.24, 2.45) is 4.36 Å². The fraction of sp³-hybridized carbons (Fsp3) is 0.429. The van der Waals surface area contributed by atoms with E-state index in [1.807, 2.05) is 16.8 Å². The fourth-order valence-electron chi connectivity index (χ4n) is 0.984. The third-order valence-corrected chi connectivity index (χ3v) is 4.77. The average molecular weight is 187 g/mol. The zero-order chi connectivity index (χ0) is 7.73. The molecular weight excluding hydrogens is 178 g/mol. The summed E-state index contributed by atoms with van der Waals surface area (Å²) >= 11 is 1.60. The van der Waals surface area contributed by atoms with Crippen LogP contribution in [-0.2, 0) is 9.73 Å². The molecule has 1 aliphatic rings. The van der Waals surface area contributed by atoms with Gasteiger partial charge in [0.2, 0.25) is 0 Å². The second-order valence-corrected chi connectivity index (χ2v) is 5.93. The summed E-state index contributed by atoms with van der Waals surface area (Å²) in [6, 6.07) is 1.91. The van der Waals surface area contributed by atoms with Gasteiger partial charge in [-0.15, -0.1) is 0 Å². The SMILES string of the molecule is O=S1(=Nc2ccsc2)CCC1. The lowest BCUT2D eigenvalue weighted by Crippen LogP contribution is -2.22. The maximum Gasteiger partial charge on any atom is 0.0837 e. The van der Waals surface area contributed by atoms with E-state index in [4.69, 9.17) is 0 Å². The predicted octanol–water partition coefficient (Wildman–Crippen LogP) is 2.25. The van der Waals surface area contributed by atoms with E-state index in [1.165, 1.54) is 0 Å². The molecule has 0 aliphatic carbocycles. The van der Waals surface area contributed by atoms with E-state index >= 15 is 0 Å². The molecule has 0 atom stereocenters. The Bertz CT molecular complexity index is 337. The van der Waals surface area contributed by atoms with Gasteiger partial charge in [0.15, 0.2) is 0 Å². The largest absolute Gasteiger partial charge is 0.249 e. The van der Waals surface area contributed by atoms with Gasteiger partial charge in [0.1, 0.15) is 0 Å². The van der Waals surface area contributed by atoms with Crippen LogP contribution in [0.1, 0.15) is 6.42 Å². The lowest BCUT2D eigenvalue weighted by Gasteiger charge is -2.17. The lowest BCUT2D eigenvalue weighted by molar-refractivity contribution is 0.663. The lowest BCUT2D eigenvalue weighted by atomic mass is 10.5. The number of nitrogens with zero attached hydrogens (tertiary/aromatic N) is 1. The van der Waals surface area contributed by atoms with E-state index in [-0.39, 0.29) is 0 Å². The van der Waals surface area contributed by atoms with E-state index in [0.717, 1.165) is 23.6 Å². The summed E-state index contributed by atoms with van der Waals surface area (Å²) in [4.78, 5) is 0. The quantitative estimate of drug-likeness (QED) is 0.663. The first-order valence-electron chi connectivity index (χ1n) is 3.53. The highest BCUT2D eigenvalue weighted by Crippen LogP contribution is 2.22. The minimum absolute atomic E-state index is 0.794. The Balaban J connectivity index is 2.34. The Hall–Kier alpha value is -0.350. The molecule has 1 fully saturated rings. The van der Waals surface area contributed by atoms with Gasteiger partial charge in [0.05, 0.1) is 15.4 Å². The maximum absolute atomic E-state index is 11.5. The normalized spacial score (nSPS) is 20.7. The Morgan fingerprint density at radius 3 is 2.82 bits per heavy atom. The predicted molar refractivity (Wildman–Crippen MR) is 48.9 cm³/mol. The van der Waals surface area contributed by atoms with Crippen LogP contribution in [0.2, 0.25) is 0 Å². The Kier molecular flexibility index (Phi) is 1.73. The molecule has 2 nitrogen and oxygen atoms in total. The highest BCUT2D eigenvalue weighted by Gasteiger charge is 2.18. The van der Waals surface area contributed by atoms with Crippen molar-refractivity contribution in [1.82, 2.24) is 0 Å². The molecule has 1 saturated heterocycles. The number of hydrogen-bond acceptors (Lipinski definition) is 3. The van der Waals surface area contributed by atoms with Crippen LogP contribution in [0.15, 0.2) is 21.2 Å². The molecule has 60 valence electrons. The van der Waals surface area contributed by atoms with Gasteiger partial charge in [-0.2, -0.15) is 15.7 Å². The molecule has 2 heterocycles. The van der Waals surface area contributed by atoms with E-state index in [0.29, 0.717) is 0 Å². The van der Waals surface area contributed by atoms with Crippen LogP contribution in [0.25, 0.3) is 0 Å². The topological polar surface area (TPSA) is 29.4 Å². The summed E-state index contributed by atoms with van der Waals surface area (Å²) in [5, 5.41) is 3.89. The van der Waals surface area contributed by atoms with Crippen molar-refractivity contribution in [2.75, 3.05) is 11.5 Å². The Morgan fingerprint density at radius 2 is 2.36 bits per heavy atom. The van der Waals surface area contributed by atoms with Crippen molar-refractivity contribution >= 4 is 26.8 Å². The molecule has 11 heavy (non-hydrogen) atoms. The fourth-order valence-corrected chi connectivity index (χ4v) is 3.08. The van der Waals surface area contributed by atoms with Crippen LogP contribution in [0.3, 0.4) is 0 Å². The first kappa shape index (κ1) is 7.31. The maximum atomic E-state index is 11.5. The summed E-state index contributed by atoms with van der Waals surface area (Å²) in [5.74, 6) is 1.59. The summed E-state index contributed by atoms with van der Waals surface area (Å²) in [7, 11) is -1.78. The van der Waals surface area contributed by atoms with Crippen LogP contribution in [0, 0.1) is 0 Å². The van der Waals surface area contributed by atoms with Crippen LogP contribution in [-0.4, -0.2) is 15.7 Å². The highest BCUT2D eigenvalue weighted by molar-refractivity contribution is 7.95. The van der Waals surface area contributed by atoms with E-state index in [2.05, 4.69) is 4.36 Å². The monoisotopic (exact) mass is 187 g/mol. The van der Waals surface area contributed by atoms with Crippen molar-refractivity contribution in [3.8, 4) is 0 Å². The minimum Gasteiger partial charge on any atom is -0.249 e. The van der Waals surface area contributed by atoms with Crippen molar-refractivity contribution in [3.63, 3.8) is 0 Å². The van der Waals surface area contributed by atoms with Crippen molar-refractivity contribution in [3.05, 3.63) is 16.8 Å². The van der Waals surface area contributed by atoms with E-state index < -0.39 is 9.73 Å². The highest BCUT2D eigenvalue weighted by atomic mass is 32.2. The Morgan fingerprint density at radius 1 is 1.55 bits per heavy atom. The third kappa shape index (κ3) is 1.46. The standard InChI is InChI=1S/C7H9NOS2/c9-11(4-1-5-11)8-7-2-3-10-6-7/h2-3,6H,1,4-5H2. The first-order chi connectivity index (χ1) is 5.29. The third-order valence-electron chi connectivity index (χ3n) is 1.70. The molecule has 1 aromatic rings. The van der Waals surface area contributed by atoms with Crippen molar-refractivity contribution < 1.29 is 4.21 Å². The van der Waals surface area contributed by atoms with Gasteiger partial charge in [0, 0.05) is 16.9 Å². The van der Waals surface area contributed by atoms with Gasteiger partial charge in [-0.3, -0.25) is 0 Å². The molecule has 0 N–H and O–H groups in total. The van der Waals surface area contributed by atoms with Crippen LogP contribution < -0.4 is 0 Å². The summed E-state index contributed by atoms with van der Waals surface area (Å²) < 4.78 is 15.7. The van der Waals surface area contributed by atoms with Crippen molar-refractivity contribution in [2.45, 2.75) is 6.42 Å². The van der Waals surface area contributed by atoms with Crippen molar-refractivity contribution in [1.29, 1.82) is 0 Å². The van der Waals surface area contributed by atoms with Crippen LogP contribution in [0.5, 0.6) is 0 Å². The number of rotatable bonds is 1. The molecule has 0 radical (unpaired) electrons. The second kappa shape index (κ2) is 2.60. The van der Waals surface area contributed by atoms with Gasteiger partial charge in [-0.05, 0) is 17.9 Å². The molecule has 0 unspecified atom stereocenters. The molecule has 1 aliphatic heterocycles. The molecule has 0 saturated carbocycles. The van der Waals surface area contributed by atoms with Gasteiger partial charge < -0.3 is 0 Å². The zero-order valence-corrected chi connectivity index (χ0v) is 7.66. The summed E-state index contributed by atoms with van der Waals surface area (Å²) in [6.07, 6.45) is 1.08. The smallest absolute Gasteiger partial charge is 0.0837 e. The zero-order valence-electron chi connectivity index (χ0n) is 6.03. The first-order valence-corrected chi connectivity index (χ1v) is 6.33. The molecule has 0 bridgehead atoms. The molecule has 1 aromatic heterocycles. The molecular formula is C7H9NOS2.